The van der Waals surface area contributed by atoms with Crippen LogP contribution in [0.15, 0.2) is 72.9 Å². The van der Waals surface area contributed by atoms with E-state index >= 15 is 0 Å². The number of hydrogen-bond acceptors (Lipinski definition) is 6. The first-order chi connectivity index (χ1) is 28.0. The van der Waals surface area contributed by atoms with Gasteiger partial charge in [0.2, 0.25) is 0 Å². The van der Waals surface area contributed by atoms with Crippen LogP contribution in [0.3, 0.4) is 0 Å². The van der Waals surface area contributed by atoms with Gasteiger partial charge in [0, 0.05) is 12.8 Å². The van der Waals surface area contributed by atoms with Crippen LogP contribution in [-0.2, 0) is 28.6 Å². The van der Waals surface area contributed by atoms with Gasteiger partial charge in [0.25, 0.3) is 0 Å². The summed E-state index contributed by atoms with van der Waals surface area (Å²) < 4.78 is 16.6. The second-order valence-electron chi connectivity index (χ2n) is 15.3. The minimum Gasteiger partial charge on any atom is -0.462 e. The Morgan fingerprint density at radius 3 is 1.35 bits per heavy atom. The van der Waals surface area contributed by atoms with Crippen molar-refractivity contribution in [3.63, 3.8) is 0 Å². The molecule has 326 valence electrons. The van der Waals surface area contributed by atoms with E-state index in [-0.39, 0.29) is 31.6 Å². The number of carbonyl (C=O) groups excluding carboxylic acids is 3. The Hall–Kier alpha value is -3.15. The van der Waals surface area contributed by atoms with Crippen molar-refractivity contribution in [2.24, 2.45) is 0 Å². The molecule has 0 aliphatic carbocycles. The first-order valence-electron chi connectivity index (χ1n) is 23.5. The number of esters is 3. The van der Waals surface area contributed by atoms with Gasteiger partial charge in [-0.05, 0) is 83.5 Å². The van der Waals surface area contributed by atoms with E-state index in [9.17, 15) is 14.4 Å². The third kappa shape index (κ3) is 43.8. The molecule has 0 saturated carbocycles. The molecule has 0 radical (unpaired) electrons. The van der Waals surface area contributed by atoms with Gasteiger partial charge in [0.15, 0.2) is 6.10 Å². The van der Waals surface area contributed by atoms with Gasteiger partial charge in [-0.15, -0.1) is 0 Å². The average molecular weight is 795 g/mol. The third-order valence-electron chi connectivity index (χ3n) is 9.73. The standard InChI is InChI=1S/C51H86O6/c1-4-7-10-13-16-19-21-23-25-27-29-32-35-38-41-44-50(53)56-47-48(46-55-49(52)43-40-37-34-31-18-15-12-9-6-3)57-51(54)45-42-39-36-33-30-28-26-24-22-20-17-14-11-8-5-2/h9,12,16,18-23,31,37,40,48H,4-8,10-11,13-15,17,24-30,32-36,38-39,41-47H2,1-3H3/b12-9-,19-16-,22-20-,23-21-,31-18-,40-37-. The summed E-state index contributed by atoms with van der Waals surface area (Å²) in [6.07, 6.45) is 56.3. The van der Waals surface area contributed by atoms with Crippen LogP contribution in [0.25, 0.3) is 0 Å². The molecule has 6 nitrogen and oxygen atoms in total. The summed E-state index contributed by atoms with van der Waals surface area (Å²) in [6, 6.07) is 0. The maximum Gasteiger partial charge on any atom is 0.309 e. The Balaban J connectivity index is 4.44. The maximum absolute atomic E-state index is 12.7. The summed E-state index contributed by atoms with van der Waals surface area (Å²) in [5.41, 5.74) is 0. The quantitative estimate of drug-likeness (QED) is 0.0202. The molecular weight excluding hydrogens is 709 g/mol. The molecule has 6 heteroatoms. The van der Waals surface area contributed by atoms with E-state index in [1.807, 2.05) is 6.08 Å². The van der Waals surface area contributed by atoms with E-state index in [0.29, 0.717) is 12.8 Å². The van der Waals surface area contributed by atoms with Gasteiger partial charge in [-0.3, -0.25) is 14.4 Å². The van der Waals surface area contributed by atoms with Crippen LogP contribution in [0.5, 0.6) is 0 Å². The second-order valence-corrected chi connectivity index (χ2v) is 15.3. The van der Waals surface area contributed by atoms with Crippen LogP contribution in [-0.4, -0.2) is 37.2 Å². The van der Waals surface area contributed by atoms with Crippen LogP contribution >= 0.6 is 0 Å². The van der Waals surface area contributed by atoms with Crippen molar-refractivity contribution in [3.05, 3.63) is 72.9 Å². The van der Waals surface area contributed by atoms with Crippen LogP contribution < -0.4 is 0 Å². The zero-order valence-corrected chi connectivity index (χ0v) is 37.1. The van der Waals surface area contributed by atoms with Crippen molar-refractivity contribution in [1.29, 1.82) is 0 Å². The van der Waals surface area contributed by atoms with Crippen LogP contribution in [0.2, 0.25) is 0 Å². The predicted molar refractivity (Wildman–Crippen MR) is 242 cm³/mol. The molecule has 0 fully saturated rings. The number of carbonyl (C=O) groups is 3. The lowest BCUT2D eigenvalue weighted by Crippen LogP contribution is -2.30. The lowest BCUT2D eigenvalue weighted by atomic mass is 10.1. The smallest absolute Gasteiger partial charge is 0.309 e. The molecule has 57 heavy (non-hydrogen) atoms. The Bertz CT molecular complexity index is 1100. The fourth-order valence-electron chi connectivity index (χ4n) is 6.19. The van der Waals surface area contributed by atoms with E-state index in [4.69, 9.17) is 14.2 Å². The highest BCUT2D eigenvalue weighted by molar-refractivity contribution is 5.72. The summed E-state index contributed by atoms with van der Waals surface area (Å²) >= 11 is 0. The van der Waals surface area contributed by atoms with Crippen molar-refractivity contribution in [3.8, 4) is 0 Å². The molecule has 0 aliphatic rings. The van der Waals surface area contributed by atoms with E-state index in [1.54, 1.807) is 6.08 Å². The average Bonchev–Trinajstić information content (AvgIpc) is 3.21. The Morgan fingerprint density at radius 1 is 0.404 bits per heavy atom. The fourth-order valence-corrected chi connectivity index (χ4v) is 6.19. The van der Waals surface area contributed by atoms with E-state index < -0.39 is 12.1 Å². The van der Waals surface area contributed by atoms with Crippen molar-refractivity contribution in [1.82, 2.24) is 0 Å². The van der Waals surface area contributed by atoms with Gasteiger partial charge in [0.1, 0.15) is 13.2 Å². The monoisotopic (exact) mass is 795 g/mol. The molecule has 0 aliphatic heterocycles. The topological polar surface area (TPSA) is 78.9 Å². The van der Waals surface area contributed by atoms with E-state index in [2.05, 4.69) is 81.5 Å². The van der Waals surface area contributed by atoms with Gasteiger partial charge in [-0.25, -0.2) is 0 Å². The van der Waals surface area contributed by atoms with Crippen LogP contribution in [0.4, 0.5) is 0 Å². The van der Waals surface area contributed by atoms with Gasteiger partial charge in [-0.1, -0.05) is 184 Å². The molecule has 0 aromatic carbocycles. The van der Waals surface area contributed by atoms with Crippen LogP contribution in [0, 0.1) is 0 Å². The maximum atomic E-state index is 12.7. The molecule has 0 bridgehead atoms. The molecular formula is C51H86O6. The Labute approximate surface area is 351 Å². The molecule has 1 atom stereocenters. The number of ether oxygens (including phenoxy) is 3. The number of hydrogen-bond donors (Lipinski definition) is 0. The van der Waals surface area contributed by atoms with Crippen molar-refractivity contribution < 1.29 is 28.6 Å². The SMILES string of the molecule is CC/C=C\C/C=C\C/C=C\CC(=O)OCC(COC(=O)CCCCCCCC/C=C\C=C/CCCCC)OC(=O)CCCCCCCCC/C=C\CCCCCC. The zero-order chi connectivity index (χ0) is 41.5. The molecule has 0 N–H and O–H groups in total. The lowest BCUT2D eigenvalue weighted by Gasteiger charge is -2.18. The number of unbranched alkanes of at least 4 members (excludes halogenated alkanes) is 20. The van der Waals surface area contributed by atoms with Crippen molar-refractivity contribution in [2.45, 2.75) is 219 Å². The fraction of sp³-hybridized carbons (Fsp3) is 0.706. The molecule has 0 aromatic rings. The highest BCUT2D eigenvalue weighted by Crippen LogP contribution is 2.13. The molecule has 0 spiro atoms. The Morgan fingerprint density at radius 2 is 0.807 bits per heavy atom. The van der Waals surface area contributed by atoms with Gasteiger partial charge < -0.3 is 14.2 Å². The lowest BCUT2D eigenvalue weighted by molar-refractivity contribution is -0.166. The van der Waals surface area contributed by atoms with Gasteiger partial charge in [-0.2, -0.15) is 0 Å². The molecule has 0 rings (SSSR count). The third-order valence-corrected chi connectivity index (χ3v) is 9.73. The van der Waals surface area contributed by atoms with Crippen molar-refractivity contribution >= 4 is 17.9 Å². The molecule has 0 heterocycles. The summed E-state index contributed by atoms with van der Waals surface area (Å²) in [5, 5.41) is 0. The highest BCUT2D eigenvalue weighted by atomic mass is 16.6. The van der Waals surface area contributed by atoms with E-state index in [1.165, 1.54) is 109 Å². The predicted octanol–water partition coefficient (Wildman–Crippen LogP) is 15.1. The first kappa shape index (κ1) is 53.9. The molecule has 1 unspecified atom stereocenters. The minimum absolute atomic E-state index is 0.111. The molecule has 0 aromatic heterocycles. The number of allylic oxidation sites excluding steroid dienone is 11. The summed E-state index contributed by atoms with van der Waals surface area (Å²) in [6.45, 7) is 6.35. The second kappa shape index (κ2) is 45.6. The zero-order valence-electron chi connectivity index (χ0n) is 37.1. The molecule has 0 amide bonds. The normalized spacial score (nSPS) is 12.7. The van der Waals surface area contributed by atoms with E-state index in [0.717, 1.165) is 64.2 Å². The summed E-state index contributed by atoms with van der Waals surface area (Å²) in [7, 11) is 0. The summed E-state index contributed by atoms with van der Waals surface area (Å²) in [4.78, 5) is 37.7. The number of rotatable bonds is 41. The largest absolute Gasteiger partial charge is 0.462 e. The highest BCUT2D eigenvalue weighted by Gasteiger charge is 2.19. The van der Waals surface area contributed by atoms with Gasteiger partial charge in [0.05, 0.1) is 6.42 Å². The van der Waals surface area contributed by atoms with Crippen LogP contribution in [0.1, 0.15) is 213 Å². The molecule has 0 saturated heterocycles. The summed E-state index contributed by atoms with van der Waals surface area (Å²) in [5.74, 6) is -1.06. The van der Waals surface area contributed by atoms with Gasteiger partial charge >= 0.3 is 17.9 Å². The Kier molecular flexibility index (Phi) is 43.0. The first-order valence-corrected chi connectivity index (χ1v) is 23.5. The minimum atomic E-state index is -0.815. The van der Waals surface area contributed by atoms with Crippen molar-refractivity contribution in [2.75, 3.05) is 13.2 Å².